The molecule has 1 heterocycles. The number of nitrogens with two attached hydrogens (primary N) is 2. The molecule has 0 bridgehead atoms. The number of nitrogens with one attached hydrogen (secondary N) is 1. The molecule has 1 aromatic heterocycles. The van der Waals surface area contributed by atoms with Gasteiger partial charge < -0.3 is 16.8 Å². The van der Waals surface area contributed by atoms with Crippen LogP contribution in [-0.2, 0) is 4.79 Å². The highest BCUT2D eigenvalue weighted by molar-refractivity contribution is 7.99. The van der Waals surface area contributed by atoms with Crippen LogP contribution in [0.15, 0.2) is 11.2 Å². The number of nitrogens with zero attached hydrogens (tertiary/aromatic N) is 3. The van der Waals surface area contributed by atoms with E-state index in [1.165, 1.54) is 6.07 Å². The molecule has 0 aliphatic rings. The monoisotopic (exact) mass is 238 g/mol. The molecule has 0 unspecified atom stereocenters. The molecule has 16 heavy (non-hydrogen) atoms. The van der Waals surface area contributed by atoms with Crippen molar-refractivity contribution < 1.29 is 4.79 Å². The average molecular weight is 238 g/mol. The van der Waals surface area contributed by atoms with Crippen LogP contribution in [0, 0.1) is 11.3 Å². The van der Waals surface area contributed by atoms with Crippen LogP contribution in [0.25, 0.3) is 0 Å². The first kappa shape index (κ1) is 12.1. The first-order valence-corrected chi connectivity index (χ1v) is 5.27. The average Bonchev–Trinajstić information content (AvgIpc) is 2.22. The Morgan fingerprint density at radius 2 is 2.12 bits per heavy atom. The second kappa shape index (κ2) is 5.77. The van der Waals surface area contributed by atoms with Crippen molar-refractivity contribution in [1.29, 1.82) is 5.26 Å². The van der Waals surface area contributed by atoms with E-state index in [2.05, 4.69) is 15.3 Å². The molecule has 0 saturated heterocycles. The Balaban J connectivity index is 2.48. The molecule has 0 spiro atoms. The van der Waals surface area contributed by atoms with Gasteiger partial charge in [-0.1, -0.05) is 11.8 Å². The Morgan fingerprint density at radius 1 is 1.50 bits per heavy atom. The number of carbonyl (C=O) groups is 1. The van der Waals surface area contributed by atoms with Crippen LogP contribution in [0.3, 0.4) is 0 Å². The smallest absolute Gasteiger partial charge is 0.231 e. The normalized spacial score (nSPS) is 9.44. The van der Waals surface area contributed by atoms with Crippen LogP contribution in [0.5, 0.6) is 0 Å². The second-order valence-electron chi connectivity index (χ2n) is 2.72. The Bertz CT molecular complexity index is 409. The van der Waals surface area contributed by atoms with Crippen molar-refractivity contribution in [2.24, 2.45) is 0 Å². The van der Waals surface area contributed by atoms with Gasteiger partial charge in [-0.2, -0.15) is 5.26 Å². The molecule has 84 valence electrons. The standard InChI is InChI=1S/C8H10N6OS/c9-1-2-12-7(15)4-16-8-13-5(10)3-6(11)14-8/h3H,2,4H2,(H,12,15)(H4,10,11,13,14). The molecule has 0 fully saturated rings. The second-order valence-corrected chi connectivity index (χ2v) is 3.67. The highest BCUT2D eigenvalue weighted by Gasteiger charge is 2.05. The van der Waals surface area contributed by atoms with E-state index in [-0.39, 0.29) is 29.8 Å². The minimum atomic E-state index is -0.267. The molecular weight excluding hydrogens is 228 g/mol. The zero-order valence-electron chi connectivity index (χ0n) is 8.30. The molecule has 8 heteroatoms. The van der Waals surface area contributed by atoms with E-state index in [9.17, 15) is 4.79 Å². The number of amides is 1. The number of nitriles is 1. The highest BCUT2D eigenvalue weighted by Crippen LogP contribution is 2.15. The van der Waals surface area contributed by atoms with E-state index in [1.54, 1.807) is 6.07 Å². The molecule has 0 aliphatic carbocycles. The summed E-state index contributed by atoms with van der Waals surface area (Å²) in [5.41, 5.74) is 10.9. The molecule has 1 rings (SSSR count). The lowest BCUT2D eigenvalue weighted by atomic mass is 10.5. The van der Waals surface area contributed by atoms with E-state index in [1.807, 2.05) is 0 Å². The summed E-state index contributed by atoms with van der Waals surface area (Å²) < 4.78 is 0. The number of hydrogen-bond donors (Lipinski definition) is 3. The van der Waals surface area contributed by atoms with Crippen molar-refractivity contribution >= 4 is 29.3 Å². The van der Waals surface area contributed by atoms with Gasteiger partial charge in [0.25, 0.3) is 0 Å². The predicted octanol–water partition coefficient (Wildman–Crippen LogP) is -0.627. The Morgan fingerprint density at radius 3 is 2.69 bits per heavy atom. The van der Waals surface area contributed by atoms with Gasteiger partial charge in [0.1, 0.15) is 18.2 Å². The van der Waals surface area contributed by atoms with Gasteiger partial charge in [0.2, 0.25) is 5.91 Å². The molecular formula is C8H10N6OS. The highest BCUT2D eigenvalue weighted by atomic mass is 32.2. The lowest BCUT2D eigenvalue weighted by molar-refractivity contribution is -0.118. The number of nitrogen functional groups attached to an aromatic ring is 2. The van der Waals surface area contributed by atoms with E-state index >= 15 is 0 Å². The van der Waals surface area contributed by atoms with Gasteiger partial charge in [0, 0.05) is 6.07 Å². The lowest BCUT2D eigenvalue weighted by Crippen LogP contribution is -2.25. The lowest BCUT2D eigenvalue weighted by Gasteiger charge is -2.02. The van der Waals surface area contributed by atoms with Crippen LogP contribution in [0.2, 0.25) is 0 Å². The number of anilines is 2. The van der Waals surface area contributed by atoms with Crippen LogP contribution < -0.4 is 16.8 Å². The summed E-state index contributed by atoms with van der Waals surface area (Å²) in [6, 6.07) is 3.23. The summed E-state index contributed by atoms with van der Waals surface area (Å²) in [5.74, 6) is 0.362. The summed E-state index contributed by atoms with van der Waals surface area (Å²) in [4.78, 5) is 18.9. The van der Waals surface area contributed by atoms with Crippen LogP contribution in [-0.4, -0.2) is 28.2 Å². The zero-order chi connectivity index (χ0) is 12.0. The molecule has 0 aromatic carbocycles. The largest absolute Gasteiger partial charge is 0.383 e. The molecule has 5 N–H and O–H groups in total. The molecule has 7 nitrogen and oxygen atoms in total. The third-order valence-corrected chi connectivity index (χ3v) is 2.29. The molecule has 0 atom stereocenters. The van der Waals surface area contributed by atoms with Gasteiger partial charge >= 0.3 is 0 Å². The maximum Gasteiger partial charge on any atom is 0.231 e. The van der Waals surface area contributed by atoms with E-state index in [0.717, 1.165) is 11.8 Å². The molecule has 1 aromatic rings. The minimum Gasteiger partial charge on any atom is -0.383 e. The number of thioether (sulfide) groups is 1. The van der Waals surface area contributed by atoms with Gasteiger partial charge in [0.05, 0.1) is 11.8 Å². The molecule has 0 radical (unpaired) electrons. The van der Waals surface area contributed by atoms with Crippen molar-refractivity contribution in [2.45, 2.75) is 5.16 Å². The number of carbonyl (C=O) groups excluding carboxylic acids is 1. The third kappa shape index (κ3) is 4.02. The van der Waals surface area contributed by atoms with Crippen molar-refractivity contribution in [3.63, 3.8) is 0 Å². The molecule has 0 saturated carbocycles. The number of rotatable bonds is 4. The Hall–Kier alpha value is -2.01. The van der Waals surface area contributed by atoms with E-state index in [0.29, 0.717) is 5.16 Å². The van der Waals surface area contributed by atoms with Crippen LogP contribution >= 0.6 is 11.8 Å². The first-order chi connectivity index (χ1) is 7.61. The van der Waals surface area contributed by atoms with Crippen molar-refractivity contribution in [1.82, 2.24) is 15.3 Å². The fraction of sp³-hybridized carbons (Fsp3) is 0.250. The summed E-state index contributed by atoms with van der Waals surface area (Å²) in [7, 11) is 0. The van der Waals surface area contributed by atoms with Gasteiger partial charge in [0.15, 0.2) is 5.16 Å². The van der Waals surface area contributed by atoms with Gasteiger partial charge in [-0.15, -0.1) is 0 Å². The Kier molecular flexibility index (Phi) is 4.35. The maximum absolute atomic E-state index is 11.1. The predicted molar refractivity (Wildman–Crippen MR) is 60.2 cm³/mol. The van der Waals surface area contributed by atoms with Gasteiger partial charge in [-0.25, -0.2) is 9.97 Å². The summed E-state index contributed by atoms with van der Waals surface area (Å²) in [5, 5.41) is 11.0. The van der Waals surface area contributed by atoms with Crippen molar-refractivity contribution in [3.8, 4) is 6.07 Å². The third-order valence-electron chi connectivity index (χ3n) is 1.44. The quantitative estimate of drug-likeness (QED) is 0.361. The fourth-order valence-corrected chi connectivity index (χ4v) is 1.55. The van der Waals surface area contributed by atoms with E-state index < -0.39 is 0 Å². The molecule has 1 amide bonds. The van der Waals surface area contributed by atoms with Crippen molar-refractivity contribution in [2.75, 3.05) is 23.8 Å². The molecule has 0 aliphatic heterocycles. The SMILES string of the molecule is N#CCNC(=O)CSc1nc(N)cc(N)n1. The van der Waals surface area contributed by atoms with Crippen LogP contribution in [0.1, 0.15) is 0 Å². The Labute approximate surface area is 96.2 Å². The summed E-state index contributed by atoms with van der Waals surface area (Å²) >= 11 is 1.10. The first-order valence-electron chi connectivity index (χ1n) is 4.28. The summed E-state index contributed by atoms with van der Waals surface area (Å²) in [6.07, 6.45) is 0. The van der Waals surface area contributed by atoms with Crippen LogP contribution in [0.4, 0.5) is 11.6 Å². The maximum atomic E-state index is 11.1. The van der Waals surface area contributed by atoms with Crippen molar-refractivity contribution in [3.05, 3.63) is 6.07 Å². The topological polar surface area (TPSA) is 131 Å². The van der Waals surface area contributed by atoms with E-state index in [4.69, 9.17) is 16.7 Å². The number of aromatic nitrogens is 2. The van der Waals surface area contributed by atoms with Gasteiger partial charge in [-0.05, 0) is 0 Å². The number of hydrogen-bond acceptors (Lipinski definition) is 7. The summed E-state index contributed by atoms with van der Waals surface area (Å²) in [6.45, 7) is -0.0146. The minimum absolute atomic E-state index is 0.0146. The van der Waals surface area contributed by atoms with Gasteiger partial charge in [-0.3, -0.25) is 4.79 Å². The fourth-order valence-electron chi connectivity index (χ4n) is 0.846. The zero-order valence-corrected chi connectivity index (χ0v) is 9.12.